The third kappa shape index (κ3) is 6.37. The Morgan fingerprint density at radius 2 is 1.05 bits per heavy atom. The number of hydrogen-bond acceptors (Lipinski definition) is 2. The summed E-state index contributed by atoms with van der Waals surface area (Å²) in [5, 5.41) is 17.6. The molecular formula is C12H8Cl2F2O2Zr. The molecule has 0 saturated heterocycles. The normalized spacial score (nSPS) is 9.05. The Kier molecular flexibility index (Phi) is 8.23. The first kappa shape index (κ1) is 18.4. The zero-order valence-corrected chi connectivity index (χ0v) is 13.3. The van der Waals surface area contributed by atoms with E-state index in [1.165, 1.54) is 12.1 Å². The molecule has 2 aromatic rings. The Morgan fingerprint density at radius 3 is 1.26 bits per heavy atom. The second kappa shape index (κ2) is 8.52. The molecule has 0 heterocycles. The molecule has 0 aliphatic rings. The van der Waals surface area contributed by atoms with Crippen LogP contribution in [-0.2, 0) is 26.2 Å². The van der Waals surface area contributed by atoms with Gasteiger partial charge in [0.1, 0.15) is 23.1 Å². The first-order valence-corrected chi connectivity index (χ1v) is 5.44. The molecule has 0 unspecified atom stereocenters. The summed E-state index contributed by atoms with van der Waals surface area (Å²) in [7, 11) is 0. The molecule has 0 aliphatic carbocycles. The summed E-state index contributed by atoms with van der Waals surface area (Å²) in [5.41, 5.74) is 0. The summed E-state index contributed by atoms with van der Waals surface area (Å²) in [5.74, 6) is -1.09. The van der Waals surface area contributed by atoms with Gasteiger partial charge in [-0.05, 0) is 36.4 Å². The number of halogens is 4. The van der Waals surface area contributed by atoms with E-state index in [4.69, 9.17) is 33.4 Å². The van der Waals surface area contributed by atoms with Gasteiger partial charge in [-0.1, -0.05) is 23.2 Å². The first-order valence-electron chi connectivity index (χ1n) is 4.68. The summed E-state index contributed by atoms with van der Waals surface area (Å²) in [4.78, 5) is 0. The van der Waals surface area contributed by atoms with Crippen LogP contribution in [0.25, 0.3) is 0 Å². The van der Waals surface area contributed by atoms with Crippen LogP contribution < -0.4 is 0 Å². The van der Waals surface area contributed by atoms with E-state index in [-0.39, 0.29) is 47.7 Å². The van der Waals surface area contributed by atoms with Crippen molar-refractivity contribution in [3.8, 4) is 11.5 Å². The number of hydrogen-bond donors (Lipinski definition) is 2. The van der Waals surface area contributed by atoms with Crippen molar-refractivity contribution < 1.29 is 45.2 Å². The maximum atomic E-state index is 12.2. The van der Waals surface area contributed by atoms with E-state index in [1.54, 1.807) is 0 Å². The van der Waals surface area contributed by atoms with E-state index in [1.807, 2.05) is 0 Å². The zero-order chi connectivity index (χ0) is 13.7. The van der Waals surface area contributed by atoms with Crippen LogP contribution in [0.5, 0.6) is 11.5 Å². The van der Waals surface area contributed by atoms with Crippen molar-refractivity contribution in [2.24, 2.45) is 0 Å². The molecule has 2 aromatic carbocycles. The molecule has 7 heteroatoms. The smallest absolute Gasteiger partial charge is 0.134 e. The van der Waals surface area contributed by atoms with E-state index in [0.29, 0.717) is 0 Å². The number of rotatable bonds is 0. The average molecular weight is 384 g/mol. The molecule has 0 amide bonds. The Balaban J connectivity index is 0.000000324. The van der Waals surface area contributed by atoms with Crippen molar-refractivity contribution in [1.82, 2.24) is 0 Å². The molecule has 0 aliphatic heterocycles. The van der Waals surface area contributed by atoms with E-state index < -0.39 is 11.6 Å². The number of phenolic OH excluding ortho intramolecular Hbond substituents is 2. The van der Waals surface area contributed by atoms with Gasteiger partial charge in [-0.15, -0.1) is 0 Å². The van der Waals surface area contributed by atoms with Crippen molar-refractivity contribution in [2.75, 3.05) is 0 Å². The summed E-state index contributed by atoms with van der Waals surface area (Å²) in [6.07, 6.45) is 0. The van der Waals surface area contributed by atoms with Crippen LogP contribution in [0.2, 0.25) is 10.0 Å². The quantitative estimate of drug-likeness (QED) is 0.708. The van der Waals surface area contributed by atoms with Gasteiger partial charge in [-0.25, -0.2) is 8.78 Å². The summed E-state index contributed by atoms with van der Waals surface area (Å²) >= 11 is 10.6. The summed E-state index contributed by atoms with van der Waals surface area (Å²) in [6.45, 7) is 0. The van der Waals surface area contributed by atoms with Crippen molar-refractivity contribution in [1.29, 1.82) is 0 Å². The van der Waals surface area contributed by atoms with Gasteiger partial charge in [-0.3, -0.25) is 0 Å². The molecule has 0 atom stereocenters. The van der Waals surface area contributed by atoms with Gasteiger partial charge < -0.3 is 10.2 Å². The Bertz CT molecular complexity index is 504. The van der Waals surface area contributed by atoms with Gasteiger partial charge in [-0.2, -0.15) is 0 Å². The molecule has 0 saturated carbocycles. The minimum absolute atomic E-state index is 0. The van der Waals surface area contributed by atoms with Crippen LogP contribution in [0, 0.1) is 11.6 Å². The molecule has 0 aromatic heterocycles. The van der Waals surface area contributed by atoms with Crippen LogP contribution in [0.1, 0.15) is 0 Å². The zero-order valence-electron chi connectivity index (χ0n) is 9.37. The molecule has 2 nitrogen and oxygen atoms in total. The van der Waals surface area contributed by atoms with Crippen LogP contribution in [0.4, 0.5) is 8.78 Å². The number of benzene rings is 2. The maximum absolute atomic E-state index is 12.2. The van der Waals surface area contributed by atoms with Crippen molar-refractivity contribution in [3.63, 3.8) is 0 Å². The SMILES string of the molecule is Oc1ccc(F)cc1Cl.Oc1ccc(F)cc1Cl.[Zr]. The second-order valence-electron chi connectivity index (χ2n) is 3.19. The van der Waals surface area contributed by atoms with Crippen LogP contribution in [0.15, 0.2) is 36.4 Å². The largest absolute Gasteiger partial charge is 0.506 e. The van der Waals surface area contributed by atoms with Gasteiger partial charge in [0.2, 0.25) is 0 Å². The Morgan fingerprint density at radius 1 is 0.737 bits per heavy atom. The second-order valence-corrected chi connectivity index (χ2v) is 4.01. The molecule has 19 heavy (non-hydrogen) atoms. The third-order valence-electron chi connectivity index (χ3n) is 1.82. The predicted octanol–water partition coefficient (Wildman–Crippen LogP) is 4.37. The Labute approximate surface area is 137 Å². The fourth-order valence-electron chi connectivity index (χ4n) is 0.963. The van der Waals surface area contributed by atoms with Crippen molar-refractivity contribution in [3.05, 3.63) is 58.1 Å². The van der Waals surface area contributed by atoms with Crippen LogP contribution in [-0.4, -0.2) is 10.2 Å². The van der Waals surface area contributed by atoms with Crippen molar-refractivity contribution >= 4 is 23.2 Å². The monoisotopic (exact) mass is 382 g/mol. The molecule has 0 spiro atoms. The molecule has 100 valence electrons. The minimum Gasteiger partial charge on any atom is -0.506 e. The first-order chi connectivity index (χ1) is 8.40. The molecule has 0 bridgehead atoms. The van der Waals surface area contributed by atoms with Gasteiger partial charge in [0.25, 0.3) is 0 Å². The van der Waals surface area contributed by atoms with E-state index in [0.717, 1.165) is 24.3 Å². The van der Waals surface area contributed by atoms with Gasteiger partial charge in [0.05, 0.1) is 10.0 Å². The fraction of sp³-hybridized carbons (Fsp3) is 0. The fourth-order valence-corrected chi connectivity index (χ4v) is 1.30. The molecule has 2 N–H and O–H groups in total. The van der Waals surface area contributed by atoms with E-state index in [2.05, 4.69) is 0 Å². The number of phenols is 2. The topological polar surface area (TPSA) is 40.5 Å². The summed E-state index contributed by atoms with van der Waals surface area (Å²) in [6, 6.07) is 6.80. The average Bonchev–Trinajstić information content (AvgIpc) is 2.30. The maximum Gasteiger partial charge on any atom is 0.134 e. The van der Waals surface area contributed by atoms with Gasteiger partial charge >= 0.3 is 0 Å². The Hall–Kier alpha value is -0.637. The molecule has 2 rings (SSSR count). The molecule has 0 fully saturated rings. The number of aromatic hydroxyl groups is 2. The van der Waals surface area contributed by atoms with Gasteiger partial charge in [0.15, 0.2) is 0 Å². The van der Waals surface area contributed by atoms with Gasteiger partial charge in [0, 0.05) is 26.2 Å². The third-order valence-corrected chi connectivity index (χ3v) is 2.42. The standard InChI is InChI=1S/2C6H4ClFO.Zr/c2*7-5-3-4(8)1-2-6(5)9;/h2*1-3,9H;. The molecular weight excluding hydrogens is 376 g/mol. The minimum atomic E-state index is -0.446. The van der Waals surface area contributed by atoms with Crippen LogP contribution in [0.3, 0.4) is 0 Å². The van der Waals surface area contributed by atoms with E-state index >= 15 is 0 Å². The van der Waals surface area contributed by atoms with Crippen molar-refractivity contribution in [2.45, 2.75) is 0 Å². The van der Waals surface area contributed by atoms with E-state index in [9.17, 15) is 8.78 Å². The van der Waals surface area contributed by atoms with Crippen LogP contribution >= 0.6 is 23.2 Å². The summed E-state index contributed by atoms with van der Waals surface area (Å²) < 4.78 is 24.3. The predicted molar refractivity (Wildman–Crippen MR) is 66.1 cm³/mol. The molecule has 0 radical (unpaired) electrons.